The highest BCUT2D eigenvalue weighted by Gasteiger charge is 2.35. The van der Waals surface area contributed by atoms with Gasteiger partial charge in [-0.25, -0.2) is 9.78 Å². The maximum absolute atomic E-state index is 13.3. The maximum Gasteiger partial charge on any atom is 0.341 e. The second kappa shape index (κ2) is 14.6. The van der Waals surface area contributed by atoms with Crippen LogP contribution in [0.5, 0.6) is 5.75 Å². The topological polar surface area (TPSA) is 97.8 Å². The molecule has 4 aromatic rings. The van der Waals surface area contributed by atoms with E-state index in [1.807, 2.05) is 61.5 Å². The molecule has 1 atom stereocenters. The number of anilines is 1. The number of benzene rings is 3. The Balaban J connectivity index is 1.23. The Labute approximate surface area is 272 Å². The fourth-order valence-corrected chi connectivity index (χ4v) is 5.60. The molecule has 1 aliphatic carbocycles. The number of hydrogen-bond acceptors (Lipinski definition) is 6. The molecular weight excluding hydrogens is 613 g/mol. The molecule has 0 spiro atoms. The Hall–Kier alpha value is -4.40. The highest BCUT2D eigenvalue weighted by atomic mass is 35.5. The Bertz CT molecular complexity index is 1670. The molecule has 0 unspecified atom stereocenters. The molecule has 2 amide bonds. The van der Waals surface area contributed by atoms with Gasteiger partial charge in [0, 0.05) is 29.8 Å². The minimum atomic E-state index is -0.536. The lowest BCUT2D eigenvalue weighted by Gasteiger charge is -2.22. The third kappa shape index (κ3) is 8.01. The number of pyridine rings is 1. The summed E-state index contributed by atoms with van der Waals surface area (Å²) in [5.74, 6) is 0.00426. The molecule has 1 aromatic heterocycles. The highest BCUT2D eigenvalue weighted by molar-refractivity contribution is 6.39. The van der Waals surface area contributed by atoms with Crippen LogP contribution < -0.4 is 15.0 Å². The van der Waals surface area contributed by atoms with Crippen molar-refractivity contribution in [2.24, 2.45) is 0 Å². The fraction of sp³-hybridized carbons (Fsp3) is 0.257. The van der Waals surface area contributed by atoms with Crippen molar-refractivity contribution >= 4 is 46.8 Å². The molecule has 1 saturated carbocycles. The fourth-order valence-electron chi connectivity index (χ4n) is 5.03. The van der Waals surface area contributed by atoms with Gasteiger partial charge in [-0.2, -0.15) is 0 Å². The number of ether oxygens (including phenoxy) is 2. The van der Waals surface area contributed by atoms with Gasteiger partial charge in [0.25, 0.3) is 11.8 Å². The van der Waals surface area contributed by atoms with Crippen molar-refractivity contribution < 1.29 is 23.9 Å². The second-order valence-electron chi connectivity index (χ2n) is 10.9. The zero-order valence-electron chi connectivity index (χ0n) is 25.0. The molecule has 3 aromatic carbocycles. The second-order valence-corrected chi connectivity index (χ2v) is 11.7. The minimum Gasteiger partial charge on any atom is -0.492 e. The molecule has 0 bridgehead atoms. The summed E-state index contributed by atoms with van der Waals surface area (Å²) < 4.78 is 11.0. The molecule has 1 N–H and O–H groups in total. The van der Waals surface area contributed by atoms with E-state index in [0.29, 0.717) is 30.0 Å². The number of methoxy groups -OCH3 is 1. The highest BCUT2D eigenvalue weighted by Crippen LogP contribution is 2.32. The monoisotopic (exact) mass is 645 g/mol. The van der Waals surface area contributed by atoms with Crippen LogP contribution in [0.15, 0.2) is 84.9 Å². The number of amides is 2. The van der Waals surface area contributed by atoms with Gasteiger partial charge in [0.15, 0.2) is 0 Å². The van der Waals surface area contributed by atoms with E-state index in [1.165, 1.54) is 7.11 Å². The molecule has 8 nitrogen and oxygen atoms in total. The van der Waals surface area contributed by atoms with E-state index in [4.69, 9.17) is 37.7 Å². The molecule has 10 heteroatoms. The third-order valence-corrected chi connectivity index (χ3v) is 7.99. The van der Waals surface area contributed by atoms with E-state index in [-0.39, 0.29) is 51.7 Å². The Kier molecular flexibility index (Phi) is 10.4. The first kappa shape index (κ1) is 32.0. The largest absolute Gasteiger partial charge is 0.492 e. The zero-order valence-corrected chi connectivity index (χ0v) is 26.5. The van der Waals surface area contributed by atoms with Crippen molar-refractivity contribution in [2.75, 3.05) is 18.6 Å². The molecule has 45 heavy (non-hydrogen) atoms. The molecule has 1 heterocycles. The van der Waals surface area contributed by atoms with Crippen molar-refractivity contribution in [1.29, 1.82) is 0 Å². The van der Waals surface area contributed by atoms with Gasteiger partial charge in [-0.15, -0.1) is 0 Å². The number of nitrogens with one attached hydrogen (secondary N) is 1. The van der Waals surface area contributed by atoms with Crippen LogP contribution in [0, 0.1) is 0 Å². The predicted octanol–water partition coefficient (Wildman–Crippen LogP) is 6.97. The van der Waals surface area contributed by atoms with Gasteiger partial charge in [0.1, 0.15) is 17.1 Å². The summed E-state index contributed by atoms with van der Waals surface area (Å²) >= 11 is 12.4. The van der Waals surface area contributed by atoms with Gasteiger partial charge < -0.3 is 14.8 Å². The number of nitrogens with zero attached hydrogens (tertiary/aromatic N) is 2. The first-order valence-electron chi connectivity index (χ1n) is 14.7. The first-order valence-corrected chi connectivity index (χ1v) is 15.4. The number of carbonyl (C=O) groups is 3. The molecule has 5 rings (SSSR count). The Morgan fingerprint density at radius 2 is 1.67 bits per heavy atom. The van der Waals surface area contributed by atoms with Crippen LogP contribution in [-0.4, -0.2) is 48.6 Å². The van der Waals surface area contributed by atoms with E-state index >= 15 is 0 Å². The molecule has 0 radical (unpaired) electrons. The summed E-state index contributed by atoms with van der Waals surface area (Å²) in [4.78, 5) is 45.3. The predicted molar refractivity (Wildman–Crippen MR) is 175 cm³/mol. The van der Waals surface area contributed by atoms with Crippen LogP contribution in [-0.2, 0) is 17.6 Å². The lowest BCUT2D eigenvalue weighted by atomic mass is 10.0. The van der Waals surface area contributed by atoms with E-state index in [0.717, 1.165) is 24.1 Å². The van der Waals surface area contributed by atoms with Crippen LogP contribution in [0.25, 0.3) is 0 Å². The maximum atomic E-state index is 13.3. The summed E-state index contributed by atoms with van der Waals surface area (Å²) in [6.07, 6.45) is 2.79. The number of halogens is 2. The first-order chi connectivity index (χ1) is 21.7. The molecule has 0 aliphatic heterocycles. The molecule has 232 valence electrons. The van der Waals surface area contributed by atoms with Gasteiger partial charge in [0.05, 0.1) is 29.3 Å². The van der Waals surface area contributed by atoms with Crippen LogP contribution in [0.2, 0.25) is 10.0 Å². The zero-order chi connectivity index (χ0) is 31.9. The van der Waals surface area contributed by atoms with Gasteiger partial charge >= 0.3 is 5.97 Å². The quantitative estimate of drug-likeness (QED) is 0.167. The SMILES string of the molecule is COC(=O)c1cc(C[C@@H](C)NC(=O)c2c(Cl)cccc2Cl)ccc1OCCc1cccc(N(C(=O)c2ccccc2)C2CC2)n1. The molecule has 0 saturated heterocycles. The van der Waals surface area contributed by atoms with Crippen LogP contribution in [0.3, 0.4) is 0 Å². The van der Waals surface area contributed by atoms with Crippen molar-refractivity contribution in [3.63, 3.8) is 0 Å². The van der Waals surface area contributed by atoms with Crippen LogP contribution in [0.1, 0.15) is 62.1 Å². The average Bonchev–Trinajstić information content (AvgIpc) is 3.87. The van der Waals surface area contributed by atoms with Gasteiger partial charge in [-0.1, -0.05) is 59.6 Å². The van der Waals surface area contributed by atoms with E-state index in [2.05, 4.69) is 5.32 Å². The Morgan fingerprint density at radius 3 is 2.36 bits per heavy atom. The van der Waals surface area contributed by atoms with Crippen molar-refractivity contribution in [2.45, 2.75) is 44.7 Å². The minimum absolute atomic E-state index is 0.0663. The van der Waals surface area contributed by atoms with Crippen molar-refractivity contribution in [3.8, 4) is 5.75 Å². The molecule has 1 aliphatic rings. The summed E-state index contributed by atoms with van der Waals surface area (Å²) in [6.45, 7) is 2.10. The standard InChI is InChI=1S/C35H33Cl2N3O5/c1-22(38-33(41)32-28(36)11-7-12-29(32)37)20-23-14-17-30(27(21-23)35(43)44-2)45-19-18-25-10-6-13-31(39-25)40(26-15-16-26)34(42)24-8-4-3-5-9-24/h3-14,17,21-22,26H,15-16,18-20H2,1-2H3,(H,38,41)/t22-/m1/s1. The summed E-state index contributed by atoms with van der Waals surface area (Å²) in [5.41, 5.74) is 2.69. The number of esters is 1. The molecule has 1 fully saturated rings. The summed E-state index contributed by atoms with van der Waals surface area (Å²) in [5, 5.41) is 3.44. The van der Waals surface area contributed by atoms with Gasteiger partial charge in [-0.05, 0) is 80.3 Å². The molecular formula is C35H33Cl2N3O5. The Morgan fingerprint density at radius 1 is 0.956 bits per heavy atom. The number of hydrogen-bond donors (Lipinski definition) is 1. The average molecular weight is 647 g/mol. The van der Waals surface area contributed by atoms with E-state index < -0.39 is 5.97 Å². The van der Waals surface area contributed by atoms with Gasteiger partial charge in [0.2, 0.25) is 0 Å². The van der Waals surface area contributed by atoms with E-state index in [1.54, 1.807) is 35.2 Å². The normalized spacial score (nSPS) is 13.1. The smallest absolute Gasteiger partial charge is 0.341 e. The third-order valence-electron chi connectivity index (χ3n) is 7.36. The number of carbonyl (C=O) groups excluding carboxylic acids is 3. The lowest BCUT2D eigenvalue weighted by molar-refractivity contribution is 0.0595. The van der Waals surface area contributed by atoms with Gasteiger partial charge in [-0.3, -0.25) is 14.5 Å². The van der Waals surface area contributed by atoms with E-state index in [9.17, 15) is 14.4 Å². The van der Waals surface area contributed by atoms with Crippen LogP contribution >= 0.6 is 23.2 Å². The van der Waals surface area contributed by atoms with Crippen LogP contribution in [0.4, 0.5) is 5.82 Å². The number of aromatic nitrogens is 1. The number of rotatable bonds is 12. The summed E-state index contributed by atoms with van der Waals surface area (Å²) in [7, 11) is 1.31. The summed E-state index contributed by atoms with van der Waals surface area (Å²) in [6, 6.07) is 24.9. The van der Waals surface area contributed by atoms with Crippen molar-refractivity contribution in [3.05, 3.63) is 123 Å². The van der Waals surface area contributed by atoms with Crippen molar-refractivity contribution in [1.82, 2.24) is 10.3 Å². The lowest BCUT2D eigenvalue weighted by Crippen LogP contribution is -2.34.